The van der Waals surface area contributed by atoms with Crippen LogP contribution in [-0.4, -0.2) is 28.5 Å². The van der Waals surface area contributed by atoms with E-state index >= 15 is 0 Å². The predicted octanol–water partition coefficient (Wildman–Crippen LogP) is 4.94. The summed E-state index contributed by atoms with van der Waals surface area (Å²) < 4.78 is 12.0. The zero-order valence-electron chi connectivity index (χ0n) is 14.9. The standard InChI is InChI=1S/C19H18BrN3O3S/c1-3-25-15-7-4-13(5-8-15)18-22-23-19(26-18)27-11-17(24)21-14-6-9-16(20)12(2)10-14/h4-10H,3,11H2,1-2H3,(H,21,24). The van der Waals surface area contributed by atoms with Gasteiger partial charge in [-0.15, -0.1) is 10.2 Å². The SMILES string of the molecule is CCOc1ccc(-c2nnc(SCC(=O)Nc3ccc(Br)c(C)c3)o2)cc1. The van der Waals surface area contributed by atoms with Gasteiger partial charge in [-0.1, -0.05) is 27.7 Å². The Morgan fingerprint density at radius 1 is 1.22 bits per heavy atom. The number of hydrogen-bond donors (Lipinski definition) is 1. The zero-order valence-corrected chi connectivity index (χ0v) is 17.3. The van der Waals surface area contributed by atoms with E-state index in [1.807, 2.05) is 56.3 Å². The Balaban J connectivity index is 1.55. The van der Waals surface area contributed by atoms with Crippen LogP contribution in [0.15, 0.2) is 56.6 Å². The van der Waals surface area contributed by atoms with Crippen LogP contribution in [0.4, 0.5) is 5.69 Å². The van der Waals surface area contributed by atoms with Crippen molar-refractivity contribution in [3.05, 3.63) is 52.5 Å². The number of benzene rings is 2. The van der Waals surface area contributed by atoms with Gasteiger partial charge < -0.3 is 14.5 Å². The number of hydrogen-bond acceptors (Lipinski definition) is 6. The molecule has 1 amide bonds. The van der Waals surface area contributed by atoms with Crippen molar-refractivity contribution in [1.29, 1.82) is 0 Å². The summed E-state index contributed by atoms with van der Waals surface area (Å²) in [7, 11) is 0. The van der Waals surface area contributed by atoms with Crippen molar-refractivity contribution in [1.82, 2.24) is 10.2 Å². The highest BCUT2D eigenvalue weighted by Crippen LogP contribution is 2.25. The molecule has 1 N–H and O–H groups in total. The van der Waals surface area contributed by atoms with Crippen LogP contribution < -0.4 is 10.1 Å². The fourth-order valence-electron chi connectivity index (χ4n) is 2.29. The van der Waals surface area contributed by atoms with E-state index in [0.717, 1.165) is 27.0 Å². The lowest BCUT2D eigenvalue weighted by Crippen LogP contribution is -2.14. The Bertz CT molecular complexity index is 928. The largest absolute Gasteiger partial charge is 0.494 e. The summed E-state index contributed by atoms with van der Waals surface area (Å²) in [6.45, 7) is 4.52. The number of nitrogens with zero attached hydrogens (tertiary/aromatic N) is 2. The number of anilines is 1. The quantitative estimate of drug-likeness (QED) is 0.516. The summed E-state index contributed by atoms with van der Waals surface area (Å²) in [4.78, 5) is 12.1. The Labute approximate surface area is 169 Å². The van der Waals surface area contributed by atoms with E-state index in [0.29, 0.717) is 17.7 Å². The smallest absolute Gasteiger partial charge is 0.277 e. The molecule has 6 nitrogen and oxygen atoms in total. The molecule has 0 saturated heterocycles. The number of rotatable bonds is 7. The van der Waals surface area contributed by atoms with Gasteiger partial charge in [0.2, 0.25) is 11.8 Å². The average molecular weight is 448 g/mol. The first-order chi connectivity index (χ1) is 13.0. The van der Waals surface area contributed by atoms with Gasteiger partial charge in [0.25, 0.3) is 5.22 Å². The van der Waals surface area contributed by atoms with E-state index in [4.69, 9.17) is 9.15 Å². The highest BCUT2D eigenvalue weighted by molar-refractivity contribution is 9.10. The van der Waals surface area contributed by atoms with Gasteiger partial charge in [-0.05, 0) is 61.9 Å². The third-order valence-corrected chi connectivity index (χ3v) is 5.30. The van der Waals surface area contributed by atoms with E-state index in [-0.39, 0.29) is 11.7 Å². The molecule has 2 aromatic carbocycles. The summed E-state index contributed by atoms with van der Waals surface area (Å²) in [5.41, 5.74) is 2.60. The van der Waals surface area contributed by atoms with Crippen molar-refractivity contribution >= 4 is 39.3 Å². The van der Waals surface area contributed by atoms with E-state index in [9.17, 15) is 4.79 Å². The molecule has 0 aliphatic heterocycles. The second kappa shape index (κ2) is 9.05. The van der Waals surface area contributed by atoms with Crippen LogP contribution in [0.25, 0.3) is 11.5 Å². The lowest BCUT2D eigenvalue weighted by atomic mass is 10.2. The van der Waals surface area contributed by atoms with Gasteiger partial charge in [-0.2, -0.15) is 0 Å². The van der Waals surface area contributed by atoms with Gasteiger partial charge in [-0.25, -0.2) is 0 Å². The van der Waals surface area contributed by atoms with Crippen LogP contribution in [0.3, 0.4) is 0 Å². The van der Waals surface area contributed by atoms with Crippen molar-refractivity contribution < 1.29 is 13.9 Å². The number of carbonyl (C=O) groups excluding carboxylic acids is 1. The molecular weight excluding hydrogens is 430 g/mol. The van der Waals surface area contributed by atoms with Gasteiger partial charge in [-0.3, -0.25) is 4.79 Å². The summed E-state index contributed by atoms with van der Waals surface area (Å²) in [5, 5.41) is 11.2. The van der Waals surface area contributed by atoms with Crippen LogP contribution in [0, 0.1) is 6.92 Å². The van der Waals surface area contributed by atoms with Gasteiger partial charge in [0.1, 0.15) is 5.75 Å². The first-order valence-corrected chi connectivity index (χ1v) is 10.1. The van der Waals surface area contributed by atoms with E-state index in [2.05, 4.69) is 31.4 Å². The van der Waals surface area contributed by atoms with Crippen molar-refractivity contribution in [3.8, 4) is 17.2 Å². The molecule has 3 aromatic rings. The molecule has 140 valence electrons. The number of nitrogens with one attached hydrogen (secondary N) is 1. The van der Waals surface area contributed by atoms with Gasteiger partial charge in [0.05, 0.1) is 12.4 Å². The molecule has 0 saturated carbocycles. The van der Waals surface area contributed by atoms with E-state index in [1.54, 1.807) is 0 Å². The first-order valence-electron chi connectivity index (χ1n) is 8.30. The van der Waals surface area contributed by atoms with Gasteiger partial charge in [0.15, 0.2) is 0 Å². The molecule has 0 bridgehead atoms. The van der Waals surface area contributed by atoms with Crippen LogP contribution in [-0.2, 0) is 4.79 Å². The number of ether oxygens (including phenoxy) is 1. The molecule has 0 fully saturated rings. The lowest BCUT2D eigenvalue weighted by Gasteiger charge is -2.06. The minimum atomic E-state index is -0.137. The molecule has 0 aliphatic carbocycles. The molecule has 0 radical (unpaired) electrons. The predicted molar refractivity (Wildman–Crippen MR) is 109 cm³/mol. The molecular formula is C19H18BrN3O3S. The lowest BCUT2D eigenvalue weighted by molar-refractivity contribution is -0.113. The van der Waals surface area contributed by atoms with Crippen molar-refractivity contribution in [2.24, 2.45) is 0 Å². The number of halogens is 1. The van der Waals surface area contributed by atoms with E-state index < -0.39 is 0 Å². The molecule has 8 heteroatoms. The summed E-state index contributed by atoms with van der Waals surface area (Å²) in [6.07, 6.45) is 0. The summed E-state index contributed by atoms with van der Waals surface area (Å²) in [5.74, 6) is 1.24. The minimum Gasteiger partial charge on any atom is -0.494 e. The monoisotopic (exact) mass is 447 g/mol. The normalized spacial score (nSPS) is 10.6. The molecule has 0 unspecified atom stereocenters. The van der Waals surface area contributed by atoms with Crippen molar-refractivity contribution in [3.63, 3.8) is 0 Å². The van der Waals surface area contributed by atoms with Crippen LogP contribution in [0.5, 0.6) is 5.75 Å². The fraction of sp³-hybridized carbons (Fsp3) is 0.211. The van der Waals surface area contributed by atoms with Crippen LogP contribution >= 0.6 is 27.7 Å². The number of aromatic nitrogens is 2. The average Bonchev–Trinajstić information content (AvgIpc) is 3.13. The molecule has 3 rings (SSSR count). The third kappa shape index (κ3) is 5.33. The first kappa shape index (κ1) is 19.4. The molecule has 0 spiro atoms. The second-order valence-electron chi connectivity index (χ2n) is 5.63. The minimum absolute atomic E-state index is 0.137. The number of aryl methyl sites for hydroxylation is 1. The molecule has 1 aromatic heterocycles. The second-order valence-corrected chi connectivity index (χ2v) is 7.41. The highest BCUT2D eigenvalue weighted by Gasteiger charge is 2.12. The Morgan fingerprint density at radius 3 is 2.70 bits per heavy atom. The van der Waals surface area contributed by atoms with Gasteiger partial charge >= 0.3 is 0 Å². The van der Waals surface area contributed by atoms with Gasteiger partial charge in [0, 0.05) is 15.7 Å². The Morgan fingerprint density at radius 2 is 2.00 bits per heavy atom. The molecule has 1 heterocycles. The fourth-order valence-corrected chi connectivity index (χ4v) is 3.10. The van der Waals surface area contributed by atoms with E-state index in [1.165, 1.54) is 11.8 Å². The molecule has 0 aliphatic rings. The maximum Gasteiger partial charge on any atom is 0.277 e. The maximum absolute atomic E-state index is 12.1. The Hall–Kier alpha value is -2.32. The van der Waals surface area contributed by atoms with Crippen LogP contribution in [0.2, 0.25) is 0 Å². The number of carbonyl (C=O) groups is 1. The summed E-state index contributed by atoms with van der Waals surface area (Å²) >= 11 is 4.63. The maximum atomic E-state index is 12.1. The van der Waals surface area contributed by atoms with Crippen molar-refractivity contribution in [2.45, 2.75) is 19.1 Å². The third-order valence-electron chi connectivity index (χ3n) is 3.59. The highest BCUT2D eigenvalue weighted by atomic mass is 79.9. The molecule has 0 atom stereocenters. The van der Waals surface area contributed by atoms with Crippen molar-refractivity contribution in [2.75, 3.05) is 17.7 Å². The number of amides is 1. The Kier molecular flexibility index (Phi) is 6.52. The molecule has 27 heavy (non-hydrogen) atoms. The summed E-state index contributed by atoms with van der Waals surface area (Å²) in [6, 6.07) is 13.1. The zero-order chi connectivity index (χ0) is 19.2. The van der Waals surface area contributed by atoms with Crippen LogP contribution in [0.1, 0.15) is 12.5 Å². The topological polar surface area (TPSA) is 77.2 Å². The number of thioether (sulfide) groups is 1.